The number of benzene rings is 2. The van der Waals surface area contributed by atoms with E-state index in [0.29, 0.717) is 5.95 Å². The fourth-order valence-electron chi connectivity index (χ4n) is 3.32. The summed E-state index contributed by atoms with van der Waals surface area (Å²) < 4.78 is 0. The molecule has 5 nitrogen and oxygen atoms in total. The second-order valence-electron chi connectivity index (χ2n) is 6.81. The first kappa shape index (κ1) is 17.3. The molecule has 0 saturated carbocycles. The number of hydrogen-bond acceptors (Lipinski definition) is 5. The van der Waals surface area contributed by atoms with Crippen LogP contribution in [0, 0.1) is 0 Å². The van der Waals surface area contributed by atoms with Crippen molar-refractivity contribution in [1.82, 2.24) is 9.97 Å². The van der Waals surface area contributed by atoms with Gasteiger partial charge in [-0.25, -0.2) is 4.98 Å². The number of hydrogen-bond donors (Lipinski definition) is 2. The van der Waals surface area contributed by atoms with Crippen molar-refractivity contribution in [2.24, 2.45) is 0 Å². The van der Waals surface area contributed by atoms with Crippen molar-refractivity contribution in [3.05, 3.63) is 66.4 Å². The molecule has 0 unspecified atom stereocenters. The highest BCUT2D eigenvalue weighted by atomic mass is 15.1. The average molecular weight is 359 g/mol. The second-order valence-corrected chi connectivity index (χ2v) is 6.81. The Morgan fingerprint density at radius 1 is 0.852 bits per heavy atom. The molecule has 4 rings (SSSR count). The summed E-state index contributed by atoms with van der Waals surface area (Å²) in [6.45, 7) is 4.47. The van der Waals surface area contributed by atoms with Crippen LogP contribution in [0.25, 0.3) is 0 Å². The lowest BCUT2D eigenvalue weighted by Crippen LogP contribution is -2.17. The van der Waals surface area contributed by atoms with E-state index in [1.165, 1.54) is 24.1 Å². The minimum absolute atomic E-state index is 0.581. The molecule has 5 heteroatoms. The van der Waals surface area contributed by atoms with Crippen LogP contribution in [-0.4, -0.2) is 23.1 Å². The van der Waals surface area contributed by atoms with Crippen LogP contribution in [0.5, 0.6) is 0 Å². The molecule has 1 aromatic heterocycles. The van der Waals surface area contributed by atoms with E-state index >= 15 is 0 Å². The van der Waals surface area contributed by atoms with Crippen molar-refractivity contribution < 1.29 is 0 Å². The summed E-state index contributed by atoms with van der Waals surface area (Å²) in [5.41, 5.74) is 4.61. The molecule has 27 heavy (non-hydrogen) atoms. The molecule has 3 aromatic rings. The summed E-state index contributed by atoms with van der Waals surface area (Å²) in [6, 6.07) is 18.8. The molecule has 0 spiro atoms. The molecule has 1 fully saturated rings. The smallest absolute Gasteiger partial charge is 0.229 e. The van der Waals surface area contributed by atoms with E-state index in [-0.39, 0.29) is 0 Å². The third-order valence-electron chi connectivity index (χ3n) is 4.88. The average Bonchev–Trinajstić information content (AvgIpc) is 3.24. The number of nitrogens with one attached hydrogen (secondary N) is 2. The topological polar surface area (TPSA) is 53.1 Å². The van der Waals surface area contributed by atoms with E-state index < -0.39 is 0 Å². The molecule has 0 radical (unpaired) electrons. The molecule has 0 atom stereocenters. The fraction of sp³-hybridized carbons (Fsp3) is 0.273. The van der Waals surface area contributed by atoms with Gasteiger partial charge in [0.25, 0.3) is 0 Å². The lowest BCUT2D eigenvalue weighted by molar-refractivity contribution is 0.949. The molecule has 2 aromatic carbocycles. The Kier molecular flexibility index (Phi) is 5.19. The zero-order valence-electron chi connectivity index (χ0n) is 15.7. The van der Waals surface area contributed by atoms with Gasteiger partial charge in [0.05, 0.1) is 0 Å². The van der Waals surface area contributed by atoms with Crippen LogP contribution in [0.4, 0.5) is 28.8 Å². The Morgan fingerprint density at radius 3 is 2.22 bits per heavy atom. The molecule has 1 aliphatic heterocycles. The normalized spacial score (nSPS) is 13.6. The van der Waals surface area contributed by atoms with E-state index in [1.807, 2.05) is 6.07 Å². The monoisotopic (exact) mass is 359 g/mol. The highest BCUT2D eigenvalue weighted by molar-refractivity contribution is 5.62. The fourth-order valence-corrected chi connectivity index (χ4v) is 3.32. The van der Waals surface area contributed by atoms with E-state index in [4.69, 9.17) is 0 Å². The number of nitrogens with zero attached hydrogens (tertiary/aromatic N) is 3. The third kappa shape index (κ3) is 4.37. The molecule has 0 bridgehead atoms. The Labute approximate surface area is 160 Å². The van der Waals surface area contributed by atoms with Gasteiger partial charge in [0.1, 0.15) is 5.82 Å². The van der Waals surface area contributed by atoms with Crippen LogP contribution in [0.3, 0.4) is 0 Å². The number of rotatable bonds is 6. The zero-order chi connectivity index (χ0) is 18.5. The van der Waals surface area contributed by atoms with E-state index in [0.717, 1.165) is 36.7 Å². The quantitative estimate of drug-likeness (QED) is 0.639. The number of aromatic nitrogens is 2. The maximum Gasteiger partial charge on any atom is 0.229 e. The van der Waals surface area contributed by atoms with Gasteiger partial charge in [-0.05, 0) is 67.3 Å². The van der Waals surface area contributed by atoms with Crippen LogP contribution < -0.4 is 15.5 Å². The summed E-state index contributed by atoms with van der Waals surface area (Å²) in [5.74, 6) is 1.35. The Morgan fingerprint density at radius 2 is 1.52 bits per heavy atom. The summed E-state index contributed by atoms with van der Waals surface area (Å²) in [7, 11) is 0. The van der Waals surface area contributed by atoms with E-state index in [9.17, 15) is 0 Å². The van der Waals surface area contributed by atoms with Gasteiger partial charge >= 0.3 is 0 Å². The van der Waals surface area contributed by atoms with Gasteiger partial charge in [-0.15, -0.1) is 0 Å². The molecule has 2 heterocycles. The van der Waals surface area contributed by atoms with Crippen molar-refractivity contribution in [2.75, 3.05) is 28.6 Å². The maximum absolute atomic E-state index is 4.56. The maximum atomic E-state index is 4.56. The number of anilines is 5. The SMILES string of the molecule is CCc1ccc(Nc2nccc(Nc3ccc(N4CCCC4)cc3)n2)cc1. The molecule has 1 saturated heterocycles. The van der Waals surface area contributed by atoms with Crippen molar-refractivity contribution >= 4 is 28.8 Å². The van der Waals surface area contributed by atoms with Gasteiger partial charge in [0.15, 0.2) is 0 Å². The summed E-state index contributed by atoms with van der Waals surface area (Å²) in [4.78, 5) is 11.3. The Bertz CT molecular complexity index is 868. The molecule has 0 amide bonds. The summed E-state index contributed by atoms with van der Waals surface area (Å²) in [6.07, 6.45) is 5.37. The largest absolute Gasteiger partial charge is 0.372 e. The lowest BCUT2D eigenvalue weighted by Gasteiger charge is -2.18. The van der Waals surface area contributed by atoms with Gasteiger partial charge in [0.2, 0.25) is 5.95 Å². The summed E-state index contributed by atoms with van der Waals surface area (Å²) in [5, 5.41) is 6.62. The highest BCUT2D eigenvalue weighted by Crippen LogP contribution is 2.24. The van der Waals surface area contributed by atoms with Gasteiger partial charge in [-0.3, -0.25) is 0 Å². The zero-order valence-corrected chi connectivity index (χ0v) is 15.7. The van der Waals surface area contributed by atoms with Crippen LogP contribution in [0.1, 0.15) is 25.3 Å². The summed E-state index contributed by atoms with van der Waals surface area (Å²) >= 11 is 0. The van der Waals surface area contributed by atoms with E-state index in [1.54, 1.807) is 6.20 Å². The highest BCUT2D eigenvalue weighted by Gasteiger charge is 2.11. The van der Waals surface area contributed by atoms with E-state index in [2.05, 4.69) is 81.0 Å². The molecule has 1 aliphatic rings. The first-order chi connectivity index (χ1) is 13.3. The first-order valence-corrected chi connectivity index (χ1v) is 9.61. The molecular weight excluding hydrogens is 334 g/mol. The van der Waals surface area contributed by atoms with Crippen LogP contribution >= 0.6 is 0 Å². The van der Waals surface area contributed by atoms with Crippen LogP contribution in [0.15, 0.2) is 60.8 Å². The Hall–Kier alpha value is -3.08. The van der Waals surface area contributed by atoms with Crippen molar-refractivity contribution in [3.8, 4) is 0 Å². The van der Waals surface area contributed by atoms with Crippen molar-refractivity contribution in [2.45, 2.75) is 26.2 Å². The molecule has 0 aliphatic carbocycles. The van der Waals surface area contributed by atoms with Gasteiger partial charge in [0, 0.05) is 36.3 Å². The molecular formula is C22H25N5. The predicted molar refractivity (Wildman–Crippen MR) is 112 cm³/mol. The predicted octanol–water partition coefficient (Wildman–Crippen LogP) is 5.13. The number of aryl methyl sites for hydroxylation is 1. The van der Waals surface area contributed by atoms with Crippen molar-refractivity contribution in [3.63, 3.8) is 0 Å². The minimum atomic E-state index is 0.581. The van der Waals surface area contributed by atoms with Crippen molar-refractivity contribution in [1.29, 1.82) is 0 Å². The van der Waals surface area contributed by atoms with Crippen LogP contribution in [-0.2, 0) is 6.42 Å². The van der Waals surface area contributed by atoms with Gasteiger partial charge in [-0.1, -0.05) is 19.1 Å². The van der Waals surface area contributed by atoms with Gasteiger partial charge in [-0.2, -0.15) is 4.98 Å². The Balaban J connectivity index is 1.42. The van der Waals surface area contributed by atoms with Crippen LogP contribution in [0.2, 0.25) is 0 Å². The standard InChI is InChI=1S/C22H25N5/c1-2-17-5-7-19(8-6-17)25-22-23-14-13-21(26-22)24-18-9-11-20(12-10-18)27-15-3-4-16-27/h5-14H,2-4,15-16H2,1H3,(H2,23,24,25,26). The second kappa shape index (κ2) is 8.08. The lowest BCUT2D eigenvalue weighted by atomic mass is 10.1. The minimum Gasteiger partial charge on any atom is -0.372 e. The van der Waals surface area contributed by atoms with Gasteiger partial charge < -0.3 is 15.5 Å². The molecule has 138 valence electrons. The third-order valence-corrected chi connectivity index (χ3v) is 4.88. The molecule has 2 N–H and O–H groups in total. The first-order valence-electron chi connectivity index (χ1n) is 9.61.